The highest BCUT2D eigenvalue weighted by Crippen LogP contribution is 2.40. The van der Waals surface area contributed by atoms with Crippen LogP contribution in [0.5, 0.6) is 11.6 Å². The molecule has 0 spiro atoms. The number of nitrogens with zero attached hydrogens (tertiary/aromatic N) is 3. The number of benzene rings is 3. The van der Waals surface area contributed by atoms with E-state index in [0.717, 1.165) is 46.5 Å². The molecule has 1 aliphatic rings. The fraction of sp³-hybridized carbons (Fsp3) is 0.188. The highest BCUT2D eigenvalue weighted by atomic mass is 35.5. The number of carbonyl (C=O) groups is 1. The molecule has 5 aromatic rings. The Morgan fingerprint density at radius 3 is 2.34 bits per heavy atom. The van der Waals surface area contributed by atoms with Gasteiger partial charge >= 0.3 is 0 Å². The smallest absolute Gasteiger partial charge is 0.260 e. The maximum Gasteiger partial charge on any atom is 0.260 e. The van der Waals surface area contributed by atoms with Crippen LogP contribution in [0.3, 0.4) is 0 Å². The molecule has 1 saturated heterocycles. The molecule has 6 rings (SSSR count). The van der Waals surface area contributed by atoms with Gasteiger partial charge in [-0.2, -0.15) is 0 Å². The van der Waals surface area contributed by atoms with Crippen LogP contribution >= 0.6 is 24.8 Å². The molecule has 1 fully saturated rings. The number of nitrogens with one attached hydrogen (secondary N) is 1. The maximum absolute atomic E-state index is 14.4. The minimum absolute atomic E-state index is 0. The van der Waals surface area contributed by atoms with Crippen molar-refractivity contribution >= 4 is 41.6 Å². The van der Waals surface area contributed by atoms with Crippen molar-refractivity contribution in [1.29, 1.82) is 0 Å². The zero-order chi connectivity index (χ0) is 26.8. The van der Waals surface area contributed by atoms with Crippen molar-refractivity contribution in [3.8, 4) is 17.3 Å². The summed E-state index contributed by atoms with van der Waals surface area (Å²) >= 11 is 0. The van der Waals surface area contributed by atoms with Crippen molar-refractivity contribution in [2.75, 3.05) is 26.2 Å². The molecule has 1 amide bonds. The fourth-order valence-corrected chi connectivity index (χ4v) is 5.14. The van der Waals surface area contributed by atoms with Gasteiger partial charge < -0.3 is 15.0 Å². The first-order valence-corrected chi connectivity index (χ1v) is 13.2. The van der Waals surface area contributed by atoms with E-state index >= 15 is 0 Å². The number of aromatic nitrogens is 2. The Bertz CT molecular complexity index is 1640. The van der Waals surface area contributed by atoms with E-state index in [2.05, 4.69) is 17.4 Å². The Hall–Kier alpha value is -3.91. The van der Waals surface area contributed by atoms with Crippen LogP contribution in [-0.2, 0) is 6.42 Å². The van der Waals surface area contributed by atoms with Crippen LogP contribution in [0.25, 0.3) is 16.6 Å². The largest absolute Gasteiger partial charge is 0.439 e. The summed E-state index contributed by atoms with van der Waals surface area (Å²) in [5, 5.41) is 4.07. The number of rotatable bonds is 6. The first-order chi connectivity index (χ1) is 19.1. The van der Waals surface area contributed by atoms with E-state index in [1.165, 1.54) is 12.1 Å². The van der Waals surface area contributed by atoms with Crippen LogP contribution in [-0.4, -0.2) is 46.5 Å². The molecule has 6 nitrogen and oxygen atoms in total. The molecule has 9 heteroatoms. The van der Waals surface area contributed by atoms with Crippen LogP contribution < -0.4 is 10.1 Å². The van der Waals surface area contributed by atoms with Gasteiger partial charge in [-0.05, 0) is 42.3 Å². The normalized spacial score (nSPS) is 12.9. The van der Waals surface area contributed by atoms with Gasteiger partial charge in [-0.1, -0.05) is 54.6 Å². The number of hydrogen-bond acceptors (Lipinski definition) is 4. The number of piperazine rings is 1. The Balaban J connectivity index is 0.00000194. The summed E-state index contributed by atoms with van der Waals surface area (Å²) in [5.41, 5.74) is 4.78. The van der Waals surface area contributed by atoms with Gasteiger partial charge in [-0.15, -0.1) is 24.8 Å². The van der Waals surface area contributed by atoms with Crippen LogP contribution in [0.2, 0.25) is 0 Å². The second-order valence-electron chi connectivity index (χ2n) is 9.72. The van der Waals surface area contributed by atoms with E-state index in [1.54, 1.807) is 12.3 Å². The summed E-state index contributed by atoms with van der Waals surface area (Å²) in [6, 6.07) is 26.3. The van der Waals surface area contributed by atoms with E-state index in [-0.39, 0.29) is 30.7 Å². The van der Waals surface area contributed by atoms with Crippen LogP contribution in [0, 0.1) is 12.7 Å². The molecule has 0 saturated carbocycles. The number of para-hydroxylation sites is 1. The zero-order valence-electron chi connectivity index (χ0n) is 22.5. The lowest BCUT2D eigenvalue weighted by atomic mass is 10.1. The molecular weight excluding hydrogens is 562 g/mol. The van der Waals surface area contributed by atoms with Crippen LogP contribution in [0.15, 0.2) is 91.1 Å². The third-order valence-electron chi connectivity index (χ3n) is 7.11. The number of carbonyl (C=O) groups excluding carboxylic acids is 1. The highest BCUT2D eigenvalue weighted by Gasteiger charge is 2.31. The second kappa shape index (κ2) is 13.2. The van der Waals surface area contributed by atoms with Gasteiger partial charge in [0, 0.05) is 55.9 Å². The van der Waals surface area contributed by atoms with Gasteiger partial charge in [0.1, 0.15) is 17.1 Å². The third kappa shape index (κ3) is 6.07. The second-order valence-corrected chi connectivity index (χ2v) is 9.72. The molecule has 3 heterocycles. The quantitative estimate of drug-likeness (QED) is 0.237. The van der Waals surface area contributed by atoms with Gasteiger partial charge in [0.05, 0.1) is 11.2 Å². The van der Waals surface area contributed by atoms with Crippen molar-refractivity contribution in [2.45, 2.75) is 13.3 Å². The van der Waals surface area contributed by atoms with Gasteiger partial charge in [0.15, 0.2) is 0 Å². The molecule has 0 radical (unpaired) electrons. The molecule has 1 N–H and O–H groups in total. The molecule has 0 unspecified atom stereocenters. The predicted molar refractivity (Wildman–Crippen MR) is 165 cm³/mol. The van der Waals surface area contributed by atoms with E-state index in [1.807, 2.05) is 71.0 Å². The summed E-state index contributed by atoms with van der Waals surface area (Å²) < 4.78 is 22.9. The topological polar surface area (TPSA) is 59.4 Å². The number of aryl methyl sites for hydroxylation is 1. The van der Waals surface area contributed by atoms with E-state index in [9.17, 15) is 9.18 Å². The average molecular weight is 594 g/mol. The van der Waals surface area contributed by atoms with Crippen molar-refractivity contribution in [3.63, 3.8) is 0 Å². The molecule has 3 aromatic carbocycles. The van der Waals surface area contributed by atoms with Gasteiger partial charge in [0.2, 0.25) is 5.88 Å². The average Bonchev–Trinajstić information content (AvgIpc) is 3.30. The van der Waals surface area contributed by atoms with Crippen molar-refractivity contribution < 1.29 is 13.9 Å². The maximum atomic E-state index is 14.4. The fourth-order valence-electron chi connectivity index (χ4n) is 5.14. The Kier molecular flexibility index (Phi) is 9.65. The van der Waals surface area contributed by atoms with E-state index in [4.69, 9.17) is 9.72 Å². The predicted octanol–water partition coefficient (Wildman–Crippen LogP) is 6.75. The van der Waals surface area contributed by atoms with Gasteiger partial charge in [-0.3, -0.25) is 14.3 Å². The standard InChI is InChI=1S/C32H29FN4O2.2ClH/c1-22-12-13-24(33)21-28(22)39-32-29(31(38)36-18-16-34-17-19-36)26-14-15-35-27(20-23-8-4-2-5-9-23)30(26)37(32)25-10-6-3-7-11-25;;/h2-15,21,34H,16-20H2,1H3;2*1H. The molecule has 2 aromatic heterocycles. The first-order valence-electron chi connectivity index (χ1n) is 13.2. The van der Waals surface area contributed by atoms with Crippen LogP contribution in [0.1, 0.15) is 27.2 Å². The van der Waals surface area contributed by atoms with Crippen molar-refractivity contribution in [2.24, 2.45) is 0 Å². The van der Waals surface area contributed by atoms with Gasteiger partial charge in [0.25, 0.3) is 5.91 Å². The zero-order valence-corrected chi connectivity index (χ0v) is 24.2. The Morgan fingerprint density at radius 1 is 0.951 bits per heavy atom. The molecule has 41 heavy (non-hydrogen) atoms. The summed E-state index contributed by atoms with van der Waals surface area (Å²) in [5.74, 6) is 0.203. The summed E-state index contributed by atoms with van der Waals surface area (Å²) in [4.78, 5) is 20.8. The molecule has 0 atom stereocenters. The summed E-state index contributed by atoms with van der Waals surface area (Å²) in [6.07, 6.45) is 2.33. The molecule has 212 valence electrons. The Labute approximate surface area is 251 Å². The van der Waals surface area contributed by atoms with Crippen LogP contribution in [0.4, 0.5) is 4.39 Å². The number of amides is 1. The minimum Gasteiger partial charge on any atom is -0.439 e. The monoisotopic (exact) mass is 592 g/mol. The van der Waals surface area contributed by atoms with E-state index in [0.29, 0.717) is 36.7 Å². The summed E-state index contributed by atoms with van der Waals surface area (Å²) in [6.45, 7) is 4.51. The Morgan fingerprint density at radius 2 is 1.63 bits per heavy atom. The first kappa shape index (κ1) is 30.1. The van der Waals surface area contributed by atoms with Crippen molar-refractivity contribution in [3.05, 3.63) is 119 Å². The molecule has 0 bridgehead atoms. The number of ether oxygens (including phenoxy) is 1. The lowest BCUT2D eigenvalue weighted by Crippen LogP contribution is -2.46. The molecular formula is C32H31Cl2FN4O2. The summed E-state index contributed by atoms with van der Waals surface area (Å²) in [7, 11) is 0. The SMILES string of the molecule is Cc1ccc(F)cc1Oc1c(C(=O)N2CCNCC2)c2ccnc(Cc3ccccc3)c2n1-c1ccccc1.Cl.Cl. The minimum atomic E-state index is -0.403. The lowest BCUT2D eigenvalue weighted by molar-refractivity contribution is 0.0735. The molecule has 1 aliphatic heterocycles. The number of halogens is 3. The number of pyridine rings is 1. The lowest BCUT2D eigenvalue weighted by Gasteiger charge is -2.27. The third-order valence-corrected chi connectivity index (χ3v) is 7.11. The van der Waals surface area contributed by atoms with Crippen molar-refractivity contribution in [1.82, 2.24) is 19.8 Å². The number of fused-ring (bicyclic) bond motifs is 1. The van der Waals surface area contributed by atoms with Gasteiger partial charge in [-0.25, -0.2) is 4.39 Å². The highest BCUT2D eigenvalue weighted by molar-refractivity contribution is 6.11. The van der Waals surface area contributed by atoms with E-state index < -0.39 is 5.82 Å². The molecule has 0 aliphatic carbocycles. The number of hydrogen-bond donors (Lipinski definition) is 1.